The normalized spacial score (nSPS) is 10.5. The van der Waals surface area contributed by atoms with Crippen LogP contribution in [0, 0.1) is 27.7 Å². The number of phenols is 1. The van der Waals surface area contributed by atoms with Gasteiger partial charge in [0.25, 0.3) is 0 Å². The first-order chi connectivity index (χ1) is 8.97. The Bertz CT molecular complexity index is 579. The van der Waals surface area contributed by atoms with Gasteiger partial charge in [0, 0.05) is 12.2 Å². The maximum atomic E-state index is 9.41. The van der Waals surface area contributed by atoms with Crippen molar-refractivity contribution in [3.05, 3.63) is 58.1 Å². The third kappa shape index (κ3) is 3.08. The quantitative estimate of drug-likeness (QED) is 0.804. The average molecular weight is 255 g/mol. The number of aryl methyl sites for hydroxylation is 4. The first-order valence-corrected chi connectivity index (χ1v) is 6.57. The molecule has 0 saturated heterocycles. The molecule has 100 valence electrons. The molecule has 2 N–H and O–H groups in total. The van der Waals surface area contributed by atoms with Crippen molar-refractivity contribution >= 4 is 5.69 Å². The van der Waals surface area contributed by atoms with Gasteiger partial charge in [-0.2, -0.15) is 0 Å². The van der Waals surface area contributed by atoms with E-state index < -0.39 is 0 Å². The number of rotatable bonds is 3. The number of hydrogen-bond donors (Lipinski definition) is 2. The van der Waals surface area contributed by atoms with E-state index in [-0.39, 0.29) is 0 Å². The lowest BCUT2D eigenvalue weighted by Gasteiger charge is -2.14. The van der Waals surface area contributed by atoms with E-state index in [0.717, 1.165) is 17.8 Å². The third-order valence-corrected chi connectivity index (χ3v) is 3.51. The number of aromatic hydroxyl groups is 1. The second kappa shape index (κ2) is 5.35. The SMILES string of the molecule is Cc1cc(C)c(CNc2ccc(O)cc2C)c(C)c1. The summed E-state index contributed by atoms with van der Waals surface area (Å²) < 4.78 is 0. The molecule has 2 nitrogen and oxygen atoms in total. The van der Waals surface area contributed by atoms with Crippen LogP contribution in [0.3, 0.4) is 0 Å². The minimum absolute atomic E-state index is 0.311. The van der Waals surface area contributed by atoms with Gasteiger partial charge < -0.3 is 10.4 Å². The van der Waals surface area contributed by atoms with E-state index >= 15 is 0 Å². The molecule has 0 atom stereocenters. The molecule has 0 unspecified atom stereocenters. The molecular formula is C17H21NO. The molecule has 0 aliphatic carbocycles. The van der Waals surface area contributed by atoms with Gasteiger partial charge in [0.05, 0.1) is 0 Å². The molecule has 0 spiro atoms. The van der Waals surface area contributed by atoms with Crippen LogP contribution in [0.15, 0.2) is 30.3 Å². The van der Waals surface area contributed by atoms with Gasteiger partial charge in [0.15, 0.2) is 0 Å². The lowest BCUT2D eigenvalue weighted by molar-refractivity contribution is 0.475. The van der Waals surface area contributed by atoms with E-state index in [9.17, 15) is 5.11 Å². The summed E-state index contributed by atoms with van der Waals surface area (Å²) in [5, 5.41) is 12.9. The van der Waals surface area contributed by atoms with Gasteiger partial charge in [0.2, 0.25) is 0 Å². The van der Waals surface area contributed by atoms with E-state index in [1.54, 1.807) is 12.1 Å². The molecule has 2 heteroatoms. The average Bonchev–Trinajstić information content (AvgIpc) is 2.30. The van der Waals surface area contributed by atoms with Crippen LogP contribution in [0.1, 0.15) is 27.8 Å². The standard InChI is InChI=1S/C17H21NO/c1-11-7-12(2)16(13(3)8-11)10-18-17-6-5-15(19)9-14(17)4/h5-9,18-19H,10H2,1-4H3. The van der Waals surface area contributed by atoms with E-state index in [1.165, 1.54) is 22.3 Å². The van der Waals surface area contributed by atoms with Crippen LogP contribution >= 0.6 is 0 Å². The number of benzene rings is 2. The predicted octanol–water partition coefficient (Wildman–Crippen LogP) is 4.24. The number of nitrogens with one attached hydrogen (secondary N) is 1. The Kier molecular flexibility index (Phi) is 3.79. The van der Waals surface area contributed by atoms with Crippen LogP contribution in [0.4, 0.5) is 5.69 Å². The topological polar surface area (TPSA) is 32.3 Å². The fourth-order valence-corrected chi connectivity index (χ4v) is 2.52. The highest BCUT2D eigenvalue weighted by Gasteiger charge is 2.05. The van der Waals surface area contributed by atoms with E-state index in [1.807, 2.05) is 13.0 Å². The van der Waals surface area contributed by atoms with Crippen LogP contribution in [-0.4, -0.2) is 5.11 Å². The molecule has 0 heterocycles. The Morgan fingerprint density at radius 3 is 2.11 bits per heavy atom. The van der Waals surface area contributed by atoms with Crippen molar-refractivity contribution in [1.82, 2.24) is 0 Å². The van der Waals surface area contributed by atoms with E-state index in [2.05, 4.69) is 38.2 Å². The molecule has 0 bridgehead atoms. The maximum absolute atomic E-state index is 9.41. The fraction of sp³-hybridized carbons (Fsp3) is 0.294. The summed E-state index contributed by atoms with van der Waals surface area (Å²) in [6.07, 6.45) is 0. The molecule has 0 saturated carbocycles. The second-order valence-electron chi connectivity index (χ2n) is 5.23. The first kappa shape index (κ1) is 13.5. The van der Waals surface area contributed by atoms with Crippen LogP contribution in [0.25, 0.3) is 0 Å². The van der Waals surface area contributed by atoms with Crippen molar-refractivity contribution in [2.75, 3.05) is 5.32 Å². The van der Waals surface area contributed by atoms with Crippen molar-refractivity contribution in [3.8, 4) is 5.75 Å². The second-order valence-corrected chi connectivity index (χ2v) is 5.23. The van der Waals surface area contributed by atoms with Gasteiger partial charge in [-0.05, 0) is 68.1 Å². The molecule has 0 aromatic heterocycles. The Hall–Kier alpha value is -1.96. The molecule has 19 heavy (non-hydrogen) atoms. The molecule has 2 rings (SSSR count). The summed E-state index contributed by atoms with van der Waals surface area (Å²) >= 11 is 0. The largest absolute Gasteiger partial charge is 0.508 e. The van der Waals surface area contributed by atoms with Crippen LogP contribution < -0.4 is 5.32 Å². The molecule has 2 aromatic rings. The number of phenolic OH excluding ortho intramolecular Hbond substituents is 1. The molecule has 0 amide bonds. The highest BCUT2D eigenvalue weighted by Crippen LogP contribution is 2.22. The zero-order valence-electron chi connectivity index (χ0n) is 12.0. The third-order valence-electron chi connectivity index (χ3n) is 3.51. The maximum Gasteiger partial charge on any atom is 0.115 e. The van der Waals surface area contributed by atoms with Crippen molar-refractivity contribution in [3.63, 3.8) is 0 Å². The summed E-state index contributed by atoms with van der Waals surface area (Å²) in [5.41, 5.74) is 7.42. The zero-order chi connectivity index (χ0) is 14.0. The smallest absolute Gasteiger partial charge is 0.115 e. The molecule has 0 aliphatic heterocycles. The molecule has 0 aliphatic rings. The highest BCUT2D eigenvalue weighted by molar-refractivity contribution is 5.54. The fourth-order valence-electron chi connectivity index (χ4n) is 2.52. The van der Waals surface area contributed by atoms with Crippen molar-refractivity contribution in [2.24, 2.45) is 0 Å². The van der Waals surface area contributed by atoms with Gasteiger partial charge >= 0.3 is 0 Å². The minimum atomic E-state index is 0.311. The number of anilines is 1. The van der Waals surface area contributed by atoms with E-state index in [0.29, 0.717) is 5.75 Å². The highest BCUT2D eigenvalue weighted by atomic mass is 16.3. The summed E-state index contributed by atoms with van der Waals surface area (Å²) in [5.74, 6) is 0.311. The summed E-state index contributed by atoms with van der Waals surface area (Å²) in [7, 11) is 0. The van der Waals surface area contributed by atoms with Gasteiger partial charge in [-0.15, -0.1) is 0 Å². The Morgan fingerprint density at radius 2 is 1.53 bits per heavy atom. The van der Waals surface area contributed by atoms with Gasteiger partial charge in [-0.25, -0.2) is 0 Å². The lowest BCUT2D eigenvalue weighted by atomic mass is 9.99. The van der Waals surface area contributed by atoms with Crippen molar-refractivity contribution in [2.45, 2.75) is 34.2 Å². The van der Waals surface area contributed by atoms with Crippen molar-refractivity contribution < 1.29 is 5.11 Å². The molecule has 0 fully saturated rings. The van der Waals surface area contributed by atoms with Gasteiger partial charge in [-0.1, -0.05) is 17.7 Å². The lowest BCUT2D eigenvalue weighted by Crippen LogP contribution is -2.05. The molecule has 2 aromatic carbocycles. The molecular weight excluding hydrogens is 234 g/mol. The van der Waals surface area contributed by atoms with E-state index in [4.69, 9.17) is 0 Å². The first-order valence-electron chi connectivity index (χ1n) is 6.57. The Morgan fingerprint density at radius 1 is 0.895 bits per heavy atom. The van der Waals surface area contributed by atoms with Gasteiger partial charge in [0.1, 0.15) is 5.75 Å². The van der Waals surface area contributed by atoms with Gasteiger partial charge in [-0.3, -0.25) is 0 Å². The summed E-state index contributed by atoms with van der Waals surface area (Å²) in [6.45, 7) is 9.24. The molecule has 0 radical (unpaired) electrons. The Balaban J connectivity index is 2.19. The van der Waals surface area contributed by atoms with Crippen molar-refractivity contribution in [1.29, 1.82) is 0 Å². The number of hydrogen-bond acceptors (Lipinski definition) is 2. The van der Waals surface area contributed by atoms with Crippen LogP contribution in [0.5, 0.6) is 5.75 Å². The predicted molar refractivity (Wildman–Crippen MR) is 80.8 cm³/mol. The minimum Gasteiger partial charge on any atom is -0.508 e. The zero-order valence-corrected chi connectivity index (χ0v) is 12.0. The monoisotopic (exact) mass is 255 g/mol. The van der Waals surface area contributed by atoms with Crippen LogP contribution in [-0.2, 0) is 6.54 Å². The summed E-state index contributed by atoms with van der Waals surface area (Å²) in [4.78, 5) is 0. The van der Waals surface area contributed by atoms with Crippen LogP contribution in [0.2, 0.25) is 0 Å². The Labute approximate surface area is 115 Å². The summed E-state index contributed by atoms with van der Waals surface area (Å²) in [6, 6.07) is 9.84.